The second-order valence-corrected chi connectivity index (χ2v) is 8.00. The molecule has 1 aliphatic rings. The molecule has 0 aliphatic carbocycles. The first-order chi connectivity index (χ1) is 9.84. The van der Waals surface area contributed by atoms with Crippen LogP contribution in [0.3, 0.4) is 0 Å². The molecule has 1 aromatic rings. The van der Waals surface area contributed by atoms with Crippen molar-refractivity contribution in [3.8, 4) is 0 Å². The topological polar surface area (TPSA) is 74.7 Å². The van der Waals surface area contributed by atoms with Crippen LogP contribution >= 0.6 is 15.9 Å². The van der Waals surface area contributed by atoms with Gasteiger partial charge in [0.15, 0.2) is 0 Å². The third-order valence-corrected chi connectivity index (χ3v) is 6.33. The van der Waals surface area contributed by atoms with Crippen LogP contribution in [0.4, 0.5) is 0 Å². The van der Waals surface area contributed by atoms with E-state index < -0.39 is 21.5 Å². The number of benzene rings is 1. The zero-order valence-corrected chi connectivity index (χ0v) is 14.2. The molecular formula is C14H18BrNO4S. The fraction of sp³-hybridized carbons (Fsp3) is 0.500. The molecule has 0 bridgehead atoms. The van der Waals surface area contributed by atoms with Crippen molar-refractivity contribution in [2.45, 2.75) is 43.0 Å². The van der Waals surface area contributed by atoms with Crippen molar-refractivity contribution >= 4 is 31.9 Å². The summed E-state index contributed by atoms with van der Waals surface area (Å²) in [4.78, 5) is 11.9. The molecular weight excluding hydrogens is 358 g/mol. The van der Waals surface area contributed by atoms with Crippen molar-refractivity contribution in [2.75, 3.05) is 6.54 Å². The number of nitrogens with zero attached hydrogens (tertiary/aromatic N) is 1. The van der Waals surface area contributed by atoms with Gasteiger partial charge in [-0.2, -0.15) is 4.31 Å². The Hall–Kier alpha value is -0.920. The lowest BCUT2D eigenvalue weighted by atomic mass is 9.92. The summed E-state index contributed by atoms with van der Waals surface area (Å²) in [6.07, 6.45) is 1.88. The van der Waals surface area contributed by atoms with Crippen molar-refractivity contribution in [1.82, 2.24) is 4.31 Å². The Labute approximate surface area is 133 Å². The van der Waals surface area contributed by atoms with E-state index in [9.17, 15) is 18.3 Å². The molecule has 0 radical (unpaired) electrons. The molecule has 7 heteroatoms. The van der Waals surface area contributed by atoms with Gasteiger partial charge in [0.1, 0.15) is 5.54 Å². The summed E-state index contributed by atoms with van der Waals surface area (Å²) in [7, 11) is -3.81. The molecule has 1 atom stereocenters. The van der Waals surface area contributed by atoms with E-state index in [2.05, 4.69) is 15.9 Å². The lowest BCUT2D eigenvalue weighted by molar-refractivity contribution is -0.147. The molecule has 1 heterocycles. The minimum absolute atomic E-state index is 0.125. The summed E-state index contributed by atoms with van der Waals surface area (Å²) in [6, 6.07) is 6.37. The highest BCUT2D eigenvalue weighted by Gasteiger charge is 2.52. The van der Waals surface area contributed by atoms with E-state index in [4.69, 9.17) is 0 Å². The van der Waals surface area contributed by atoms with Crippen LogP contribution in [0.25, 0.3) is 0 Å². The summed E-state index contributed by atoms with van der Waals surface area (Å²) in [5.74, 6) is -1.06. The molecule has 0 spiro atoms. The molecule has 0 amide bonds. The Morgan fingerprint density at radius 2 is 2.19 bits per heavy atom. The predicted octanol–water partition coefficient (Wildman–Crippen LogP) is 2.86. The van der Waals surface area contributed by atoms with E-state index in [1.54, 1.807) is 12.1 Å². The van der Waals surface area contributed by atoms with E-state index >= 15 is 0 Å². The summed E-state index contributed by atoms with van der Waals surface area (Å²) < 4.78 is 27.5. The van der Waals surface area contributed by atoms with Gasteiger partial charge in [0.2, 0.25) is 10.0 Å². The number of carbonyl (C=O) groups is 1. The number of sulfonamides is 1. The number of hydrogen-bond donors (Lipinski definition) is 1. The van der Waals surface area contributed by atoms with Crippen LogP contribution in [0, 0.1) is 0 Å². The molecule has 1 aromatic carbocycles. The van der Waals surface area contributed by atoms with Crippen molar-refractivity contribution in [1.29, 1.82) is 0 Å². The van der Waals surface area contributed by atoms with Gasteiger partial charge in [0, 0.05) is 11.0 Å². The fourth-order valence-electron chi connectivity index (χ4n) is 2.94. The van der Waals surface area contributed by atoms with Gasteiger partial charge in [-0.15, -0.1) is 0 Å². The molecule has 5 nitrogen and oxygen atoms in total. The minimum atomic E-state index is -3.81. The highest BCUT2D eigenvalue weighted by molar-refractivity contribution is 9.10. The van der Waals surface area contributed by atoms with Gasteiger partial charge in [0.25, 0.3) is 0 Å². The van der Waals surface area contributed by atoms with Crippen LogP contribution in [0.1, 0.15) is 32.6 Å². The molecule has 1 fully saturated rings. The highest BCUT2D eigenvalue weighted by atomic mass is 79.9. The van der Waals surface area contributed by atoms with Crippen LogP contribution in [-0.4, -0.2) is 35.9 Å². The summed E-state index contributed by atoms with van der Waals surface area (Å²) in [5.41, 5.74) is -1.31. The normalized spacial score (nSPS) is 23.3. The molecule has 1 unspecified atom stereocenters. The van der Waals surface area contributed by atoms with Crippen LogP contribution in [0.15, 0.2) is 33.6 Å². The first-order valence-corrected chi connectivity index (χ1v) is 9.10. The van der Waals surface area contributed by atoms with E-state index in [1.165, 1.54) is 16.4 Å². The first-order valence-electron chi connectivity index (χ1n) is 6.86. The number of carboxylic acids is 1. The largest absolute Gasteiger partial charge is 0.480 e. The zero-order valence-electron chi connectivity index (χ0n) is 11.8. The van der Waals surface area contributed by atoms with E-state index in [0.717, 1.165) is 0 Å². The quantitative estimate of drug-likeness (QED) is 0.858. The van der Waals surface area contributed by atoms with E-state index in [0.29, 0.717) is 30.2 Å². The number of rotatable bonds is 5. The van der Waals surface area contributed by atoms with Crippen LogP contribution < -0.4 is 0 Å². The second kappa shape index (κ2) is 6.06. The molecule has 1 N–H and O–H groups in total. The molecule has 2 rings (SSSR count). The molecule has 1 saturated heterocycles. The lowest BCUT2D eigenvalue weighted by Crippen LogP contribution is -2.52. The van der Waals surface area contributed by atoms with Crippen molar-refractivity contribution in [3.63, 3.8) is 0 Å². The van der Waals surface area contributed by atoms with Crippen LogP contribution in [0.2, 0.25) is 0 Å². The average molecular weight is 376 g/mol. The van der Waals surface area contributed by atoms with Crippen LogP contribution in [0.5, 0.6) is 0 Å². The Bertz CT molecular complexity index is 646. The second-order valence-electron chi connectivity index (χ2n) is 5.22. The van der Waals surface area contributed by atoms with Crippen molar-refractivity contribution < 1.29 is 18.3 Å². The number of hydrogen-bond acceptors (Lipinski definition) is 3. The van der Waals surface area contributed by atoms with Gasteiger partial charge < -0.3 is 5.11 Å². The summed E-state index contributed by atoms with van der Waals surface area (Å²) >= 11 is 3.25. The average Bonchev–Trinajstić information content (AvgIpc) is 2.85. The number of halogens is 1. The third-order valence-electron chi connectivity index (χ3n) is 3.87. The smallest absolute Gasteiger partial charge is 0.325 e. The number of aliphatic carboxylic acids is 1. The van der Waals surface area contributed by atoms with Gasteiger partial charge in [-0.3, -0.25) is 4.79 Å². The van der Waals surface area contributed by atoms with Gasteiger partial charge in [-0.25, -0.2) is 8.42 Å². The monoisotopic (exact) mass is 375 g/mol. The van der Waals surface area contributed by atoms with Crippen molar-refractivity contribution in [2.24, 2.45) is 0 Å². The highest BCUT2D eigenvalue weighted by Crippen LogP contribution is 2.38. The Kier molecular flexibility index (Phi) is 4.75. The lowest BCUT2D eigenvalue weighted by Gasteiger charge is -2.33. The fourth-order valence-corrected chi connectivity index (χ4v) is 5.36. The van der Waals surface area contributed by atoms with E-state index in [1.807, 2.05) is 6.92 Å². The third kappa shape index (κ3) is 2.86. The molecule has 0 saturated carbocycles. The van der Waals surface area contributed by atoms with Gasteiger partial charge in [0.05, 0.1) is 4.90 Å². The van der Waals surface area contributed by atoms with Gasteiger partial charge in [-0.1, -0.05) is 35.3 Å². The van der Waals surface area contributed by atoms with E-state index in [-0.39, 0.29) is 11.4 Å². The summed E-state index contributed by atoms with van der Waals surface area (Å²) in [5, 5.41) is 9.61. The first kappa shape index (κ1) is 16.5. The number of carboxylic acid groups (broad SMARTS) is 1. The van der Waals surface area contributed by atoms with Gasteiger partial charge in [-0.05, 0) is 37.5 Å². The minimum Gasteiger partial charge on any atom is -0.480 e. The molecule has 1 aliphatic heterocycles. The maximum atomic E-state index is 12.8. The molecule has 0 aromatic heterocycles. The predicted molar refractivity (Wildman–Crippen MR) is 82.5 cm³/mol. The molecule has 116 valence electrons. The molecule has 21 heavy (non-hydrogen) atoms. The Morgan fingerprint density at radius 3 is 2.76 bits per heavy atom. The SMILES string of the molecule is CCCC1(C(=O)O)CCCN1S(=O)(=O)c1cccc(Br)c1. The van der Waals surface area contributed by atoms with Gasteiger partial charge >= 0.3 is 5.97 Å². The van der Waals surface area contributed by atoms with Crippen molar-refractivity contribution in [3.05, 3.63) is 28.7 Å². The zero-order chi connectivity index (χ0) is 15.7. The standard InChI is InChI=1S/C14H18BrNO4S/c1-2-7-14(13(17)18)8-4-9-16(14)21(19,20)12-6-3-5-11(15)10-12/h3,5-6,10H,2,4,7-9H2,1H3,(H,17,18). The summed E-state index contributed by atoms with van der Waals surface area (Å²) in [6.45, 7) is 2.12. The Morgan fingerprint density at radius 1 is 1.48 bits per heavy atom. The maximum Gasteiger partial charge on any atom is 0.325 e. The van der Waals surface area contributed by atoms with Crippen LogP contribution in [-0.2, 0) is 14.8 Å². The Balaban J connectivity index is 2.50. The maximum absolute atomic E-state index is 12.8.